The molecule has 4 aromatic carbocycles. The van der Waals surface area contributed by atoms with E-state index in [4.69, 9.17) is 18.5 Å². The van der Waals surface area contributed by atoms with Crippen molar-refractivity contribution in [3.8, 4) is 0 Å². The van der Waals surface area contributed by atoms with Gasteiger partial charge in [-0.25, -0.2) is 18.5 Å². The predicted molar refractivity (Wildman–Crippen MR) is 357 cm³/mol. The van der Waals surface area contributed by atoms with Crippen LogP contribution in [0, 0.1) is 5.92 Å². The minimum Gasteiger partial charge on any atom is -0.376 e. The second-order valence-corrected chi connectivity index (χ2v) is 26.6. The van der Waals surface area contributed by atoms with Gasteiger partial charge >= 0.3 is 13.9 Å². The molecule has 5 N–H and O–H groups in total. The van der Waals surface area contributed by atoms with Gasteiger partial charge in [-0.3, -0.25) is 43.3 Å². The monoisotopic (exact) mass is 1310 g/mol. The first-order chi connectivity index (χ1) is 44.4. The van der Waals surface area contributed by atoms with Crippen molar-refractivity contribution in [2.75, 3.05) is 75.3 Å². The number of phosphoric ester groups is 1. The maximum Gasteiger partial charge on any atom is 0.472 e. The van der Waals surface area contributed by atoms with Crippen LogP contribution in [0.1, 0.15) is 45.2 Å². The van der Waals surface area contributed by atoms with Crippen LogP contribution in [-0.4, -0.2) is 141 Å². The molecule has 0 radical (unpaired) electrons. The van der Waals surface area contributed by atoms with Crippen LogP contribution < -0.4 is 40.2 Å². The maximum atomic E-state index is 13.9. The number of allylic oxidation sites excluding steroid dienone is 4. The number of nitrogens with one attached hydrogen (secondary N) is 4. The number of nitrogens with zero attached hydrogens (tertiary/aromatic N) is 6. The van der Waals surface area contributed by atoms with Gasteiger partial charge in [-0.1, -0.05) is 102 Å². The van der Waals surface area contributed by atoms with Crippen molar-refractivity contribution in [1.82, 2.24) is 31.1 Å². The standard InChI is InChI=1S/C68H77N10O11PS2/c1-46(2)86-45-58-57(89-90(84,85)88-47(3)4)41-64(87-58)78-42-50(67(82)72-68(78)83)29-30-61(79)69-33-38-75(39-34-70-62(80)43-76-55-23-11-13-25-59(55)91-65(76)27-15-17-48-31-36-73(5)53-21-9-7-19-51(48)53)40-35-71-63(81)44-77-56-24-12-14-26-60(56)92-66(77)28-16-18-49-32-37-74(6)54-22-10-8-20-52(49)54/h7-32,36-37,46-47,50,57-58,64H,33-35,38-45H2,1-6H3,(H3-2,69,70,71,72,79,80,81,82,83,84,85)/p+2/b30-29+. The number of hydrogen-bond acceptors (Lipinski definition) is 15. The summed E-state index contributed by atoms with van der Waals surface area (Å²) in [6.07, 6.45) is 15.3. The molecule has 6 amide bonds. The van der Waals surface area contributed by atoms with E-state index >= 15 is 0 Å². The zero-order valence-corrected chi connectivity index (χ0v) is 54.9. The number of rotatable bonds is 27. The van der Waals surface area contributed by atoms with E-state index in [-0.39, 0.29) is 70.2 Å². The zero-order valence-electron chi connectivity index (χ0n) is 52.4. The van der Waals surface area contributed by atoms with E-state index in [0.717, 1.165) is 64.2 Å². The number of para-hydroxylation sites is 4. The number of benzene rings is 4. The Morgan fingerprint density at radius 2 is 1.24 bits per heavy atom. The molecule has 2 aromatic heterocycles. The number of urea groups is 1. The number of ether oxygens (including phenoxy) is 2. The molecule has 5 unspecified atom stereocenters. The van der Waals surface area contributed by atoms with E-state index < -0.39 is 56.1 Å². The van der Waals surface area contributed by atoms with Crippen LogP contribution in [0.25, 0.3) is 34.0 Å². The third-order valence-electron chi connectivity index (χ3n) is 15.7. The molecule has 6 aromatic rings. The van der Waals surface area contributed by atoms with Gasteiger partial charge < -0.3 is 40.1 Å². The van der Waals surface area contributed by atoms with Crippen LogP contribution in [0.5, 0.6) is 0 Å². The van der Waals surface area contributed by atoms with Gasteiger partial charge in [0.05, 0.1) is 56.9 Å². The summed E-state index contributed by atoms with van der Waals surface area (Å²) in [4.78, 5) is 87.7. The lowest BCUT2D eigenvalue weighted by Gasteiger charge is -2.34. The van der Waals surface area contributed by atoms with Crippen molar-refractivity contribution in [2.24, 2.45) is 20.0 Å². The van der Waals surface area contributed by atoms with Gasteiger partial charge in [-0.15, -0.1) is 0 Å². The Kier molecular flexibility index (Phi) is 22.6. The number of fused-ring (bicyclic) bond motifs is 4. The summed E-state index contributed by atoms with van der Waals surface area (Å²) >= 11 is 3.20. The molecular formula is C68H79N10O11PS2+2. The van der Waals surface area contributed by atoms with E-state index in [1.54, 1.807) is 37.4 Å². The molecule has 10 rings (SSSR count). The Bertz CT molecular complexity index is 3730. The number of amides is 6. The number of carbonyl (C=O) groups is 5. The van der Waals surface area contributed by atoms with Crippen LogP contribution in [0.2, 0.25) is 0 Å². The van der Waals surface area contributed by atoms with Gasteiger partial charge in [0.1, 0.15) is 45.6 Å². The highest BCUT2D eigenvalue weighted by Gasteiger charge is 2.47. The normalized spacial score (nSPS) is 19.9. The minimum absolute atomic E-state index is 0.00437. The molecule has 6 heterocycles. The highest BCUT2D eigenvalue weighted by Crippen LogP contribution is 2.49. The van der Waals surface area contributed by atoms with Gasteiger partial charge in [0, 0.05) is 86.3 Å². The summed E-state index contributed by atoms with van der Waals surface area (Å²) in [5, 5.41) is 15.5. The summed E-state index contributed by atoms with van der Waals surface area (Å²) in [5.41, 5.74) is 6.26. The number of thioether (sulfide) groups is 2. The molecule has 482 valence electrons. The molecule has 0 saturated carbocycles. The molecule has 0 spiro atoms. The number of aromatic nitrogens is 2. The molecule has 21 nitrogen and oxygen atoms in total. The van der Waals surface area contributed by atoms with Gasteiger partial charge in [-0.2, -0.15) is 0 Å². The van der Waals surface area contributed by atoms with Crippen LogP contribution in [-0.2, 0) is 56.4 Å². The summed E-state index contributed by atoms with van der Waals surface area (Å²) in [6.45, 7) is 8.61. The fourth-order valence-corrected chi connectivity index (χ4v) is 14.5. The summed E-state index contributed by atoms with van der Waals surface area (Å²) in [7, 11) is -0.469. The van der Waals surface area contributed by atoms with E-state index in [9.17, 15) is 33.4 Å². The van der Waals surface area contributed by atoms with Crippen LogP contribution in [0.4, 0.5) is 16.2 Å². The van der Waals surface area contributed by atoms with Crippen molar-refractivity contribution in [3.05, 3.63) is 179 Å². The first-order valence-corrected chi connectivity index (χ1v) is 33.9. The third-order valence-corrected chi connectivity index (χ3v) is 19.2. The number of carbonyl (C=O) groups excluding carboxylic acids is 5. The van der Waals surface area contributed by atoms with E-state index in [0.29, 0.717) is 19.6 Å². The number of phosphoric acid groups is 1. The average Bonchev–Trinajstić information content (AvgIpc) is 2.08. The molecule has 92 heavy (non-hydrogen) atoms. The van der Waals surface area contributed by atoms with Crippen molar-refractivity contribution >= 4 is 106 Å². The second-order valence-electron chi connectivity index (χ2n) is 23.1. The van der Waals surface area contributed by atoms with Crippen molar-refractivity contribution in [1.29, 1.82) is 0 Å². The first kappa shape index (κ1) is 66.9. The molecule has 0 bridgehead atoms. The molecule has 4 aliphatic heterocycles. The number of imide groups is 1. The number of anilines is 2. The topological polar surface area (TPSA) is 228 Å². The van der Waals surface area contributed by atoms with Crippen molar-refractivity contribution in [2.45, 2.75) is 74.6 Å². The predicted octanol–water partition coefficient (Wildman–Crippen LogP) is 8.10. The Labute approximate surface area is 544 Å². The fourth-order valence-electron chi connectivity index (χ4n) is 11.2. The highest BCUT2D eigenvalue weighted by molar-refractivity contribution is 8.04. The summed E-state index contributed by atoms with van der Waals surface area (Å²) in [6, 6.07) is 35.9. The fraction of sp³-hybridized carbons (Fsp3) is 0.338. The second kappa shape index (κ2) is 31.1. The maximum absolute atomic E-state index is 13.9. The first-order valence-electron chi connectivity index (χ1n) is 30.8. The van der Waals surface area contributed by atoms with Gasteiger partial charge in [0.15, 0.2) is 12.4 Å². The Morgan fingerprint density at radius 1 is 0.728 bits per heavy atom. The quantitative estimate of drug-likeness (QED) is 0.0186. The lowest BCUT2D eigenvalue weighted by molar-refractivity contribution is -0.645. The van der Waals surface area contributed by atoms with Crippen LogP contribution >= 0.6 is 31.3 Å². The Morgan fingerprint density at radius 3 is 1.77 bits per heavy atom. The highest BCUT2D eigenvalue weighted by atomic mass is 32.2. The van der Waals surface area contributed by atoms with E-state index in [1.807, 2.05) is 152 Å². The lowest BCUT2D eigenvalue weighted by Crippen LogP contribution is -2.57. The molecule has 5 atom stereocenters. The van der Waals surface area contributed by atoms with E-state index in [1.165, 1.54) is 17.1 Å². The largest absolute Gasteiger partial charge is 0.472 e. The molecule has 0 aliphatic carbocycles. The SMILES string of the molecule is CC(C)OCC1OC(N2CC(/C=C/C(=O)NCCN(CCNC(=O)CN3/C(=C/C=C/c4cc[n+](C)c5ccccc45)Sc4ccccc43)CCNC(=O)CN3/C(=C/C=C/c4cc[n+](C)c5ccccc45)Sc4ccccc43)C(=O)NC2=O)CC1OP(=O)(O)OC(C)C. The molecule has 4 aliphatic rings. The molecule has 24 heteroatoms. The number of hydrogen-bond donors (Lipinski definition) is 5. The average molecular weight is 1310 g/mol. The van der Waals surface area contributed by atoms with Gasteiger partial charge in [0.2, 0.25) is 34.7 Å². The summed E-state index contributed by atoms with van der Waals surface area (Å²) in [5.74, 6) is -2.44. The van der Waals surface area contributed by atoms with Crippen molar-refractivity contribution < 1.29 is 61.1 Å². The third kappa shape index (κ3) is 17.4. The van der Waals surface area contributed by atoms with Crippen LogP contribution in [0.3, 0.4) is 0 Å². The Hall–Kier alpha value is -7.96. The lowest BCUT2D eigenvalue weighted by atomic mass is 10.0. The van der Waals surface area contributed by atoms with Crippen LogP contribution in [0.15, 0.2) is 178 Å². The van der Waals surface area contributed by atoms with Crippen molar-refractivity contribution in [3.63, 3.8) is 0 Å². The minimum atomic E-state index is -4.52. The smallest absolute Gasteiger partial charge is 0.376 e. The zero-order chi connectivity index (χ0) is 64.9. The van der Waals surface area contributed by atoms with Gasteiger partial charge in [-0.05, 0) is 93.4 Å². The molecule has 2 fully saturated rings. The van der Waals surface area contributed by atoms with Gasteiger partial charge in [0.25, 0.3) is 0 Å². The number of aryl methyl sites for hydroxylation is 2. The molecule has 2 saturated heterocycles. The molecular weight excluding hydrogens is 1230 g/mol. The van der Waals surface area contributed by atoms with E-state index in [2.05, 4.69) is 79.0 Å². The Balaban J connectivity index is 0.779. The summed E-state index contributed by atoms with van der Waals surface area (Å²) < 4.78 is 39.6. The number of pyridine rings is 2.